The van der Waals surface area contributed by atoms with Gasteiger partial charge in [-0.25, -0.2) is 5.14 Å². The Labute approximate surface area is 123 Å². The number of phenolic OH excluding ortho intramolecular Hbond substituents is 1. The van der Waals surface area contributed by atoms with E-state index in [9.17, 15) is 13.5 Å². The van der Waals surface area contributed by atoms with Crippen molar-refractivity contribution >= 4 is 21.6 Å². The lowest BCUT2D eigenvalue weighted by molar-refractivity contribution is 0.475. The molecule has 7 heteroatoms. The third-order valence-electron chi connectivity index (χ3n) is 2.90. The van der Waals surface area contributed by atoms with Crippen LogP contribution in [0.3, 0.4) is 0 Å². The van der Waals surface area contributed by atoms with Crippen molar-refractivity contribution in [3.63, 3.8) is 0 Å². The second-order valence-electron chi connectivity index (χ2n) is 4.69. The van der Waals surface area contributed by atoms with E-state index in [0.717, 1.165) is 11.3 Å². The summed E-state index contributed by atoms with van der Waals surface area (Å²) >= 11 is 0. The zero-order chi connectivity index (χ0) is 15.5. The molecule has 5 N–H and O–H groups in total. The summed E-state index contributed by atoms with van der Waals surface area (Å²) in [6.07, 6.45) is 0. The molecule has 0 heterocycles. The molecule has 2 aromatic rings. The number of anilines is 2. The molecule has 6 nitrogen and oxygen atoms in total. The molecule has 0 fully saturated rings. The maximum absolute atomic E-state index is 11.0. The van der Waals surface area contributed by atoms with E-state index in [0.29, 0.717) is 5.69 Å². The van der Waals surface area contributed by atoms with Crippen molar-refractivity contribution in [1.29, 1.82) is 0 Å². The van der Waals surface area contributed by atoms with Gasteiger partial charge in [-0.05, 0) is 42.8 Å². The first-order chi connectivity index (χ1) is 9.83. The highest BCUT2D eigenvalue weighted by atomic mass is 32.2. The van der Waals surface area contributed by atoms with E-state index in [4.69, 9.17) is 5.14 Å². The molecule has 0 spiro atoms. The van der Waals surface area contributed by atoms with Crippen molar-refractivity contribution < 1.29 is 13.5 Å². The molecule has 0 bridgehead atoms. The van der Waals surface area contributed by atoms with Crippen molar-refractivity contribution in [3.8, 4) is 5.75 Å². The monoisotopic (exact) mass is 307 g/mol. The lowest BCUT2D eigenvalue weighted by Gasteiger charge is -2.16. The molecule has 0 aromatic heterocycles. The van der Waals surface area contributed by atoms with Crippen molar-refractivity contribution in [1.82, 2.24) is 0 Å². The van der Waals surface area contributed by atoms with Crippen LogP contribution in [0.4, 0.5) is 11.4 Å². The van der Waals surface area contributed by atoms with Gasteiger partial charge in [0.1, 0.15) is 5.75 Å². The normalized spacial score (nSPS) is 12.7. The van der Waals surface area contributed by atoms with Gasteiger partial charge in [0, 0.05) is 11.7 Å². The van der Waals surface area contributed by atoms with Gasteiger partial charge in [0.25, 0.3) is 10.2 Å². The first-order valence-corrected chi connectivity index (χ1v) is 7.84. The Hall–Kier alpha value is -2.25. The van der Waals surface area contributed by atoms with E-state index < -0.39 is 10.2 Å². The fourth-order valence-corrected chi connectivity index (χ4v) is 2.39. The Morgan fingerprint density at radius 1 is 1.10 bits per heavy atom. The Morgan fingerprint density at radius 2 is 1.71 bits per heavy atom. The van der Waals surface area contributed by atoms with Crippen LogP contribution in [0.25, 0.3) is 0 Å². The van der Waals surface area contributed by atoms with Crippen LogP contribution in [0, 0.1) is 0 Å². The quantitative estimate of drug-likeness (QED) is 0.679. The molecule has 0 saturated heterocycles. The number of nitrogens with one attached hydrogen (secondary N) is 2. The summed E-state index contributed by atoms with van der Waals surface area (Å²) in [6.45, 7) is 1.96. The first-order valence-electron chi connectivity index (χ1n) is 6.29. The third-order valence-corrected chi connectivity index (χ3v) is 3.42. The van der Waals surface area contributed by atoms with Gasteiger partial charge in [0.15, 0.2) is 0 Å². The van der Waals surface area contributed by atoms with Gasteiger partial charge in [-0.15, -0.1) is 0 Å². The second kappa shape index (κ2) is 6.02. The van der Waals surface area contributed by atoms with Crippen LogP contribution in [0.2, 0.25) is 0 Å². The van der Waals surface area contributed by atoms with Crippen LogP contribution < -0.4 is 15.2 Å². The minimum absolute atomic E-state index is 0.00432. The zero-order valence-electron chi connectivity index (χ0n) is 11.4. The number of nitrogens with two attached hydrogens (primary N) is 1. The second-order valence-corrected chi connectivity index (χ2v) is 5.98. The summed E-state index contributed by atoms with van der Waals surface area (Å²) in [5, 5.41) is 17.5. The van der Waals surface area contributed by atoms with E-state index in [1.165, 1.54) is 0 Å². The standard InChI is InChI=1S/C14H17N3O3S/c1-10(11-5-7-14(18)8-6-11)16-12-3-2-4-13(9-12)17-21(15,19)20/h2-10,16-18H,1H3,(H2,15,19,20). The van der Waals surface area contributed by atoms with Crippen LogP contribution in [-0.4, -0.2) is 13.5 Å². The Balaban J connectivity index is 2.12. The van der Waals surface area contributed by atoms with Gasteiger partial charge in [0.2, 0.25) is 0 Å². The van der Waals surface area contributed by atoms with E-state index in [1.807, 2.05) is 25.1 Å². The average molecular weight is 307 g/mol. The van der Waals surface area contributed by atoms with E-state index in [-0.39, 0.29) is 11.8 Å². The van der Waals surface area contributed by atoms with Gasteiger partial charge in [-0.2, -0.15) is 8.42 Å². The third kappa shape index (κ3) is 4.66. The minimum atomic E-state index is -3.78. The number of phenols is 1. The summed E-state index contributed by atoms with van der Waals surface area (Å²) in [5.41, 5.74) is 2.14. The van der Waals surface area contributed by atoms with Crippen molar-refractivity contribution in [2.24, 2.45) is 5.14 Å². The minimum Gasteiger partial charge on any atom is -0.508 e. The molecule has 0 saturated carbocycles. The SMILES string of the molecule is CC(Nc1cccc(NS(N)(=O)=O)c1)c1ccc(O)cc1. The molecule has 0 amide bonds. The molecular formula is C14H17N3O3S. The Morgan fingerprint density at radius 3 is 2.33 bits per heavy atom. The number of rotatable bonds is 5. The Kier molecular flexibility index (Phi) is 4.35. The van der Waals surface area contributed by atoms with Crippen LogP contribution in [0.1, 0.15) is 18.5 Å². The summed E-state index contributed by atoms with van der Waals surface area (Å²) in [5.74, 6) is 0.213. The summed E-state index contributed by atoms with van der Waals surface area (Å²) in [7, 11) is -3.78. The fraction of sp³-hybridized carbons (Fsp3) is 0.143. The summed E-state index contributed by atoms with van der Waals surface area (Å²) in [6, 6.07) is 13.7. The molecule has 21 heavy (non-hydrogen) atoms. The average Bonchev–Trinajstić information content (AvgIpc) is 2.37. The maximum Gasteiger partial charge on any atom is 0.296 e. The Bertz CT molecular complexity index is 714. The molecule has 0 aliphatic carbocycles. The van der Waals surface area contributed by atoms with E-state index >= 15 is 0 Å². The number of aromatic hydroxyl groups is 1. The highest BCUT2D eigenvalue weighted by molar-refractivity contribution is 7.90. The zero-order valence-corrected chi connectivity index (χ0v) is 12.3. The van der Waals surface area contributed by atoms with Gasteiger partial charge in [-0.1, -0.05) is 18.2 Å². The van der Waals surface area contributed by atoms with Crippen molar-refractivity contribution in [3.05, 3.63) is 54.1 Å². The van der Waals surface area contributed by atoms with Crippen LogP contribution in [-0.2, 0) is 10.2 Å². The van der Waals surface area contributed by atoms with Crippen LogP contribution in [0.15, 0.2) is 48.5 Å². The van der Waals surface area contributed by atoms with Gasteiger partial charge >= 0.3 is 0 Å². The topological polar surface area (TPSA) is 104 Å². The molecule has 0 aliphatic heterocycles. The molecule has 1 atom stereocenters. The predicted molar refractivity (Wildman–Crippen MR) is 83.3 cm³/mol. The molecular weight excluding hydrogens is 290 g/mol. The summed E-state index contributed by atoms with van der Waals surface area (Å²) < 4.78 is 24.2. The highest BCUT2D eigenvalue weighted by Gasteiger charge is 2.07. The van der Waals surface area contributed by atoms with Crippen molar-refractivity contribution in [2.45, 2.75) is 13.0 Å². The molecule has 0 radical (unpaired) electrons. The molecule has 112 valence electrons. The van der Waals surface area contributed by atoms with E-state index in [1.54, 1.807) is 30.3 Å². The highest BCUT2D eigenvalue weighted by Crippen LogP contribution is 2.23. The van der Waals surface area contributed by atoms with Gasteiger partial charge < -0.3 is 10.4 Å². The number of hydrogen-bond donors (Lipinski definition) is 4. The smallest absolute Gasteiger partial charge is 0.296 e. The van der Waals surface area contributed by atoms with E-state index in [2.05, 4.69) is 10.0 Å². The van der Waals surface area contributed by atoms with Gasteiger partial charge in [0.05, 0.1) is 5.69 Å². The lowest BCUT2D eigenvalue weighted by Crippen LogP contribution is -2.21. The van der Waals surface area contributed by atoms with Crippen LogP contribution in [0.5, 0.6) is 5.75 Å². The summed E-state index contributed by atoms with van der Waals surface area (Å²) in [4.78, 5) is 0. The van der Waals surface area contributed by atoms with Gasteiger partial charge in [-0.3, -0.25) is 4.72 Å². The largest absolute Gasteiger partial charge is 0.508 e. The molecule has 1 unspecified atom stereocenters. The molecule has 0 aliphatic rings. The first kappa shape index (κ1) is 15.1. The molecule has 2 aromatic carbocycles. The van der Waals surface area contributed by atoms with Crippen molar-refractivity contribution in [2.75, 3.05) is 10.0 Å². The predicted octanol–water partition coefficient (Wildman–Crippen LogP) is 2.18. The lowest BCUT2D eigenvalue weighted by atomic mass is 10.1. The molecule has 2 rings (SSSR count). The number of benzene rings is 2. The maximum atomic E-state index is 11.0. The fourth-order valence-electron chi connectivity index (χ4n) is 1.93. The van der Waals surface area contributed by atoms with Crippen LogP contribution >= 0.6 is 0 Å². The number of hydrogen-bond acceptors (Lipinski definition) is 4.